The van der Waals surface area contributed by atoms with E-state index in [4.69, 9.17) is 0 Å². The summed E-state index contributed by atoms with van der Waals surface area (Å²) in [6, 6.07) is 3.25. The Kier molecular flexibility index (Phi) is 6.52. The molecule has 0 saturated carbocycles. The van der Waals surface area contributed by atoms with Crippen molar-refractivity contribution in [3.8, 4) is 0 Å². The van der Waals surface area contributed by atoms with Gasteiger partial charge in [0, 0.05) is 12.6 Å². The summed E-state index contributed by atoms with van der Waals surface area (Å²) in [5.74, 6) is 0.00623. The highest BCUT2D eigenvalue weighted by atomic mass is 19.1. The molecule has 1 atom stereocenters. The third-order valence-electron chi connectivity index (χ3n) is 4.32. The van der Waals surface area contributed by atoms with Crippen LogP contribution < -0.4 is 5.32 Å². The van der Waals surface area contributed by atoms with Crippen LogP contribution in [-0.2, 0) is 6.54 Å². The summed E-state index contributed by atoms with van der Waals surface area (Å²) >= 11 is 0. The molecule has 0 aromatic carbocycles. The summed E-state index contributed by atoms with van der Waals surface area (Å²) in [6.45, 7) is 4.45. The topological polar surface area (TPSA) is 45.1 Å². The van der Waals surface area contributed by atoms with Gasteiger partial charge in [-0.15, -0.1) is 0 Å². The van der Waals surface area contributed by atoms with E-state index >= 15 is 0 Å². The molecule has 0 radical (unpaired) electrons. The second kappa shape index (κ2) is 8.39. The maximum absolute atomic E-state index is 14.0. The fourth-order valence-electron chi connectivity index (χ4n) is 2.77. The van der Waals surface area contributed by atoms with Crippen molar-refractivity contribution in [1.82, 2.24) is 10.3 Å². The molecule has 1 aromatic heterocycles. The van der Waals surface area contributed by atoms with Crippen LogP contribution in [-0.4, -0.2) is 22.7 Å². The average molecular weight is 306 g/mol. The summed E-state index contributed by atoms with van der Waals surface area (Å²) in [6.07, 6.45) is 8.01. The van der Waals surface area contributed by atoms with Gasteiger partial charge in [0.25, 0.3) is 0 Å². The summed E-state index contributed by atoms with van der Waals surface area (Å²) in [5.41, 5.74) is 2.56. The highest BCUT2D eigenvalue weighted by molar-refractivity contribution is 5.62. The van der Waals surface area contributed by atoms with E-state index in [1.54, 1.807) is 6.07 Å². The van der Waals surface area contributed by atoms with Crippen molar-refractivity contribution in [3.63, 3.8) is 0 Å². The van der Waals surface area contributed by atoms with E-state index in [-0.39, 0.29) is 18.5 Å². The van der Waals surface area contributed by atoms with Gasteiger partial charge < -0.3 is 10.4 Å². The summed E-state index contributed by atoms with van der Waals surface area (Å²) < 4.78 is 14.0. The first-order chi connectivity index (χ1) is 10.6. The first-order valence-electron chi connectivity index (χ1n) is 8.31. The van der Waals surface area contributed by atoms with Gasteiger partial charge in [-0.2, -0.15) is 0 Å². The van der Waals surface area contributed by atoms with E-state index in [0.29, 0.717) is 18.2 Å². The normalized spacial score (nSPS) is 17.2. The van der Waals surface area contributed by atoms with Gasteiger partial charge in [0.15, 0.2) is 0 Å². The molecule has 122 valence electrons. The van der Waals surface area contributed by atoms with Crippen molar-refractivity contribution in [2.45, 2.75) is 58.5 Å². The van der Waals surface area contributed by atoms with Gasteiger partial charge in [-0.1, -0.05) is 26.3 Å². The summed E-state index contributed by atoms with van der Waals surface area (Å²) in [4.78, 5) is 4.52. The van der Waals surface area contributed by atoms with Gasteiger partial charge in [0.2, 0.25) is 0 Å². The minimum atomic E-state index is -0.286. The van der Waals surface area contributed by atoms with Gasteiger partial charge in [-0.25, -0.2) is 9.37 Å². The van der Waals surface area contributed by atoms with Gasteiger partial charge in [-0.3, -0.25) is 0 Å². The Bertz CT molecular complexity index is 514. The number of hydrogen-bond donors (Lipinski definition) is 2. The highest BCUT2D eigenvalue weighted by Crippen LogP contribution is 2.25. The number of nitrogens with one attached hydrogen (secondary N) is 1. The van der Waals surface area contributed by atoms with Gasteiger partial charge in [0.05, 0.1) is 18.0 Å². The molecule has 0 saturated heterocycles. The molecule has 2 rings (SSSR count). The standard InChI is InChI=1S/C18H27FN2O/c1-13(2)18(12-22)20-11-17-15(19)9-10-16(21-17)14-7-5-3-4-6-8-14/h7,9-10,13,18,20,22H,3-6,8,11-12H2,1-2H3. The molecular formula is C18H27FN2O. The number of halogens is 1. The number of hydrogen-bond acceptors (Lipinski definition) is 3. The molecule has 1 heterocycles. The second-order valence-corrected chi connectivity index (χ2v) is 6.37. The minimum Gasteiger partial charge on any atom is -0.395 e. The molecule has 0 aliphatic heterocycles. The molecule has 22 heavy (non-hydrogen) atoms. The van der Waals surface area contributed by atoms with Gasteiger partial charge >= 0.3 is 0 Å². The maximum Gasteiger partial charge on any atom is 0.146 e. The van der Waals surface area contributed by atoms with Crippen molar-refractivity contribution in [3.05, 3.63) is 35.4 Å². The SMILES string of the molecule is CC(C)C(CO)NCc1nc(C2=CCCCCC2)ccc1F. The molecule has 1 aliphatic rings. The number of aliphatic hydroxyl groups excluding tert-OH is 1. The number of pyridine rings is 1. The first kappa shape index (κ1) is 17.1. The van der Waals surface area contributed by atoms with E-state index in [1.165, 1.54) is 30.9 Å². The van der Waals surface area contributed by atoms with Crippen LogP contribution in [0.5, 0.6) is 0 Å². The molecule has 2 N–H and O–H groups in total. The first-order valence-corrected chi connectivity index (χ1v) is 8.31. The molecular weight excluding hydrogens is 279 g/mol. The fourth-order valence-corrected chi connectivity index (χ4v) is 2.77. The second-order valence-electron chi connectivity index (χ2n) is 6.37. The largest absolute Gasteiger partial charge is 0.395 e. The molecule has 0 amide bonds. The van der Waals surface area contributed by atoms with Gasteiger partial charge in [-0.05, 0) is 49.3 Å². The van der Waals surface area contributed by atoms with Crippen LogP contribution in [0.25, 0.3) is 5.57 Å². The van der Waals surface area contributed by atoms with Crippen LogP contribution in [0.1, 0.15) is 57.3 Å². The number of aromatic nitrogens is 1. The van der Waals surface area contributed by atoms with Crippen LogP contribution in [0, 0.1) is 11.7 Å². The zero-order valence-corrected chi connectivity index (χ0v) is 13.6. The number of nitrogens with zero attached hydrogens (tertiary/aromatic N) is 1. The van der Waals surface area contributed by atoms with Crippen LogP contribution in [0.15, 0.2) is 18.2 Å². The Morgan fingerprint density at radius 2 is 2.09 bits per heavy atom. The van der Waals surface area contributed by atoms with Crippen LogP contribution in [0.4, 0.5) is 4.39 Å². The highest BCUT2D eigenvalue weighted by Gasteiger charge is 2.14. The van der Waals surface area contributed by atoms with E-state index in [9.17, 15) is 9.50 Å². The quantitative estimate of drug-likeness (QED) is 0.843. The Balaban J connectivity index is 2.11. The lowest BCUT2D eigenvalue weighted by Gasteiger charge is -2.20. The van der Waals surface area contributed by atoms with Crippen molar-refractivity contribution in [1.29, 1.82) is 0 Å². The predicted octanol–water partition coefficient (Wildman–Crippen LogP) is 3.67. The molecule has 1 aromatic rings. The van der Waals surface area contributed by atoms with E-state index in [2.05, 4.69) is 16.4 Å². The Morgan fingerprint density at radius 3 is 2.82 bits per heavy atom. The molecule has 0 bridgehead atoms. The van der Waals surface area contributed by atoms with E-state index < -0.39 is 0 Å². The zero-order chi connectivity index (χ0) is 15.9. The van der Waals surface area contributed by atoms with E-state index in [0.717, 1.165) is 18.5 Å². The molecule has 1 unspecified atom stereocenters. The molecule has 1 aliphatic carbocycles. The fraction of sp³-hybridized carbons (Fsp3) is 0.611. The van der Waals surface area contributed by atoms with Gasteiger partial charge in [0.1, 0.15) is 5.82 Å². The number of allylic oxidation sites excluding steroid dienone is 2. The van der Waals surface area contributed by atoms with Crippen LogP contribution >= 0.6 is 0 Å². The molecule has 4 heteroatoms. The lowest BCUT2D eigenvalue weighted by Crippen LogP contribution is -2.37. The van der Waals surface area contributed by atoms with Crippen molar-refractivity contribution in [2.75, 3.05) is 6.61 Å². The predicted molar refractivity (Wildman–Crippen MR) is 87.8 cm³/mol. The van der Waals surface area contributed by atoms with Crippen molar-refractivity contribution >= 4 is 5.57 Å². The molecule has 0 fully saturated rings. The number of rotatable bonds is 6. The lowest BCUT2D eigenvalue weighted by molar-refractivity contribution is 0.209. The smallest absolute Gasteiger partial charge is 0.146 e. The zero-order valence-electron chi connectivity index (χ0n) is 13.6. The average Bonchev–Trinajstić information content (AvgIpc) is 2.78. The monoisotopic (exact) mass is 306 g/mol. The Hall–Kier alpha value is -1.26. The minimum absolute atomic E-state index is 0.0399. The Morgan fingerprint density at radius 1 is 1.27 bits per heavy atom. The van der Waals surface area contributed by atoms with Crippen LogP contribution in [0.3, 0.4) is 0 Å². The lowest BCUT2D eigenvalue weighted by atomic mass is 10.0. The maximum atomic E-state index is 14.0. The summed E-state index contributed by atoms with van der Waals surface area (Å²) in [7, 11) is 0. The van der Waals surface area contributed by atoms with Crippen LogP contribution in [0.2, 0.25) is 0 Å². The van der Waals surface area contributed by atoms with E-state index in [1.807, 2.05) is 13.8 Å². The molecule has 3 nitrogen and oxygen atoms in total. The summed E-state index contributed by atoms with van der Waals surface area (Å²) in [5, 5.41) is 12.5. The Labute approximate surface area is 132 Å². The number of aliphatic hydroxyl groups is 1. The van der Waals surface area contributed by atoms with Crippen molar-refractivity contribution < 1.29 is 9.50 Å². The third-order valence-corrected chi connectivity index (χ3v) is 4.32. The molecule has 0 spiro atoms. The van der Waals surface area contributed by atoms with Crippen molar-refractivity contribution in [2.24, 2.45) is 5.92 Å². The third kappa shape index (κ3) is 4.62.